The van der Waals surface area contributed by atoms with E-state index in [1.165, 1.54) is 6.92 Å². The van der Waals surface area contributed by atoms with Crippen molar-refractivity contribution in [3.8, 4) is 11.8 Å². The first-order valence-corrected chi connectivity index (χ1v) is 11.2. The lowest BCUT2D eigenvalue weighted by atomic mass is 10.1. The Labute approximate surface area is 150 Å². The molecular formula is C19H25N3O2Si. The van der Waals surface area contributed by atoms with E-state index in [0.29, 0.717) is 11.3 Å². The second-order valence-electron chi connectivity index (χ2n) is 7.33. The number of allylic oxidation sites excluding steroid dienone is 1. The van der Waals surface area contributed by atoms with E-state index >= 15 is 0 Å². The molecule has 1 rings (SSSR count). The fourth-order valence-corrected chi connectivity index (χ4v) is 2.81. The minimum Gasteiger partial charge on any atom is -0.444 e. The lowest BCUT2D eigenvalue weighted by Gasteiger charge is -2.33. The van der Waals surface area contributed by atoms with Crippen LogP contribution in [0.15, 0.2) is 41.2 Å². The number of ether oxygens (including phenoxy) is 1. The van der Waals surface area contributed by atoms with Crippen LogP contribution in [0.4, 0.5) is 5.69 Å². The number of hydrogen-bond donors (Lipinski definition) is 0. The number of carbonyl (C=O) groups is 1. The minimum atomic E-state index is -1.57. The molecule has 0 aliphatic carbocycles. The summed E-state index contributed by atoms with van der Waals surface area (Å²) in [7, 11) is -1.57. The van der Waals surface area contributed by atoms with Gasteiger partial charge in [-0.3, -0.25) is 4.79 Å². The molecule has 0 radical (unpaired) electrons. The summed E-state index contributed by atoms with van der Waals surface area (Å²) in [5, 5.41) is 3.88. The zero-order valence-corrected chi connectivity index (χ0v) is 16.7. The molecule has 0 aliphatic heterocycles. The molecule has 1 aromatic carbocycles. The predicted octanol–water partition coefficient (Wildman–Crippen LogP) is 5.84. The lowest BCUT2D eigenvalue weighted by Crippen LogP contribution is -2.34. The molecule has 1 aromatic rings. The standard InChI is InChI=1S/C19H25N3O2Si/c1-15(23)24-18(16-11-7-8-12-17(16)21-22-20)13-9-10-14-25(5,6)19(2,3)4/h7-8,10-12,14,18H,1-6H3/b14-10+. The molecule has 5 nitrogen and oxygen atoms in total. The van der Waals surface area contributed by atoms with Crippen molar-refractivity contribution in [2.75, 3.05) is 0 Å². The van der Waals surface area contributed by atoms with Crippen molar-refractivity contribution in [1.82, 2.24) is 0 Å². The van der Waals surface area contributed by atoms with E-state index < -0.39 is 20.1 Å². The molecule has 6 heteroatoms. The maximum absolute atomic E-state index is 11.4. The molecule has 0 N–H and O–H groups in total. The van der Waals surface area contributed by atoms with Crippen molar-refractivity contribution < 1.29 is 9.53 Å². The Balaban J connectivity index is 3.16. The van der Waals surface area contributed by atoms with Crippen LogP contribution >= 0.6 is 0 Å². The SMILES string of the molecule is CC(=O)OC(C#C/C=C/[Si](C)(C)C(C)(C)C)c1ccccc1N=[N+]=[N-]. The van der Waals surface area contributed by atoms with Gasteiger partial charge in [0.25, 0.3) is 0 Å². The van der Waals surface area contributed by atoms with Crippen LogP contribution in [0, 0.1) is 11.8 Å². The summed E-state index contributed by atoms with van der Waals surface area (Å²) in [6, 6.07) is 6.95. The Kier molecular flexibility index (Phi) is 7.05. The molecule has 25 heavy (non-hydrogen) atoms. The van der Waals surface area contributed by atoms with Gasteiger partial charge in [-0.15, -0.1) is 0 Å². The predicted molar refractivity (Wildman–Crippen MR) is 104 cm³/mol. The van der Waals surface area contributed by atoms with Crippen molar-refractivity contribution in [2.24, 2.45) is 5.11 Å². The number of rotatable bonds is 4. The third kappa shape index (κ3) is 6.15. The van der Waals surface area contributed by atoms with E-state index in [1.807, 2.05) is 6.08 Å². The summed E-state index contributed by atoms with van der Waals surface area (Å²) in [6.07, 6.45) is 1.06. The van der Waals surface area contributed by atoms with Gasteiger partial charge in [0.05, 0.1) is 8.07 Å². The number of esters is 1. The average Bonchev–Trinajstić information content (AvgIpc) is 2.50. The lowest BCUT2D eigenvalue weighted by molar-refractivity contribution is -0.144. The first-order valence-electron chi connectivity index (χ1n) is 8.08. The van der Waals surface area contributed by atoms with Gasteiger partial charge in [-0.25, -0.2) is 0 Å². The highest BCUT2D eigenvalue weighted by Crippen LogP contribution is 2.36. The van der Waals surface area contributed by atoms with Gasteiger partial charge in [0.15, 0.2) is 6.10 Å². The monoisotopic (exact) mass is 355 g/mol. The van der Waals surface area contributed by atoms with E-state index in [2.05, 4.69) is 61.4 Å². The highest BCUT2D eigenvalue weighted by molar-refractivity contribution is 6.84. The van der Waals surface area contributed by atoms with E-state index in [1.54, 1.807) is 24.3 Å². The van der Waals surface area contributed by atoms with Gasteiger partial charge in [0.1, 0.15) is 0 Å². The molecule has 0 bridgehead atoms. The summed E-state index contributed by atoms with van der Waals surface area (Å²) in [5.41, 5.74) is 11.9. The molecule has 0 amide bonds. The van der Waals surface area contributed by atoms with Crippen LogP contribution in [-0.4, -0.2) is 14.0 Å². The van der Waals surface area contributed by atoms with Crippen LogP contribution in [-0.2, 0) is 9.53 Å². The maximum atomic E-state index is 11.4. The molecule has 0 saturated heterocycles. The Bertz CT molecular complexity index is 761. The van der Waals surface area contributed by atoms with Crippen LogP contribution in [0.2, 0.25) is 18.1 Å². The van der Waals surface area contributed by atoms with Crippen LogP contribution in [0.25, 0.3) is 10.4 Å². The summed E-state index contributed by atoms with van der Waals surface area (Å²) >= 11 is 0. The Morgan fingerprint density at radius 1 is 1.36 bits per heavy atom. The summed E-state index contributed by atoms with van der Waals surface area (Å²) in [4.78, 5) is 14.2. The zero-order chi connectivity index (χ0) is 19.1. The van der Waals surface area contributed by atoms with Crippen LogP contribution in [0.5, 0.6) is 0 Å². The maximum Gasteiger partial charge on any atom is 0.304 e. The highest BCUT2D eigenvalue weighted by Gasteiger charge is 2.32. The number of benzene rings is 1. The van der Waals surface area contributed by atoms with Crippen molar-refractivity contribution in [1.29, 1.82) is 0 Å². The number of azide groups is 1. The van der Waals surface area contributed by atoms with E-state index in [9.17, 15) is 4.79 Å². The van der Waals surface area contributed by atoms with Crippen molar-refractivity contribution in [3.63, 3.8) is 0 Å². The van der Waals surface area contributed by atoms with Crippen LogP contribution < -0.4 is 0 Å². The van der Waals surface area contributed by atoms with Gasteiger partial charge in [-0.05, 0) is 22.6 Å². The van der Waals surface area contributed by atoms with Gasteiger partial charge in [0.2, 0.25) is 0 Å². The van der Waals surface area contributed by atoms with E-state index in [-0.39, 0.29) is 5.04 Å². The highest BCUT2D eigenvalue weighted by atomic mass is 28.3. The second-order valence-corrected chi connectivity index (χ2v) is 12.6. The van der Waals surface area contributed by atoms with Gasteiger partial charge >= 0.3 is 5.97 Å². The van der Waals surface area contributed by atoms with Crippen molar-refractivity contribution >= 4 is 19.7 Å². The molecule has 0 saturated carbocycles. The molecular weight excluding hydrogens is 330 g/mol. The number of hydrogen-bond acceptors (Lipinski definition) is 3. The molecule has 0 heterocycles. The van der Waals surface area contributed by atoms with Crippen LogP contribution in [0.3, 0.4) is 0 Å². The summed E-state index contributed by atoms with van der Waals surface area (Å²) < 4.78 is 5.30. The number of carbonyl (C=O) groups excluding carboxylic acids is 1. The fourth-order valence-electron chi connectivity index (χ4n) is 1.81. The van der Waals surface area contributed by atoms with Crippen LogP contribution in [0.1, 0.15) is 39.4 Å². The second kappa shape index (κ2) is 8.57. The fraction of sp³-hybridized carbons (Fsp3) is 0.421. The van der Waals surface area contributed by atoms with E-state index in [4.69, 9.17) is 10.3 Å². The summed E-state index contributed by atoms with van der Waals surface area (Å²) in [6.45, 7) is 12.6. The van der Waals surface area contributed by atoms with Gasteiger partial charge in [-0.2, -0.15) is 0 Å². The first-order chi connectivity index (χ1) is 11.6. The Morgan fingerprint density at radius 2 is 2.00 bits per heavy atom. The molecule has 0 spiro atoms. The zero-order valence-electron chi connectivity index (χ0n) is 15.7. The first kappa shape index (κ1) is 20.6. The van der Waals surface area contributed by atoms with Gasteiger partial charge in [-0.1, -0.05) is 74.9 Å². The van der Waals surface area contributed by atoms with Gasteiger partial charge < -0.3 is 4.74 Å². The molecule has 0 fully saturated rings. The molecule has 1 unspecified atom stereocenters. The smallest absolute Gasteiger partial charge is 0.304 e. The third-order valence-electron chi connectivity index (χ3n) is 4.39. The van der Waals surface area contributed by atoms with E-state index in [0.717, 1.165) is 0 Å². The number of nitrogens with zero attached hydrogens (tertiary/aromatic N) is 3. The quantitative estimate of drug-likeness (QED) is 0.170. The average molecular weight is 356 g/mol. The molecule has 0 aromatic heterocycles. The summed E-state index contributed by atoms with van der Waals surface area (Å²) in [5.74, 6) is 5.49. The van der Waals surface area contributed by atoms with Crippen molar-refractivity contribution in [3.05, 3.63) is 52.0 Å². The Morgan fingerprint density at radius 3 is 2.56 bits per heavy atom. The third-order valence-corrected chi connectivity index (χ3v) is 9.25. The van der Waals surface area contributed by atoms with Crippen molar-refractivity contribution in [2.45, 2.75) is 51.9 Å². The van der Waals surface area contributed by atoms with Gasteiger partial charge in [0, 0.05) is 23.1 Å². The molecule has 1 atom stereocenters. The normalized spacial score (nSPS) is 12.7. The Hall–Kier alpha value is -2.48. The molecule has 0 aliphatic rings. The topological polar surface area (TPSA) is 75.1 Å². The largest absolute Gasteiger partial charge is 0.444 e. The minimum absolute atomic E-state index is 0.231. The molecule has 132 valence electrons.